The van der Waals surface area contributed by atoms with E-state index in [1.54, 1.807) is 0 Å². The first-order valence-electron chi connectivity index (χ1n) is 7.24. The van der Waals surface area contributed by atoms with Gasteiger partial charge in [0.2, 0.25) is 5.91 Å². The summed E-state index contributed by atoms with van der Waals surface area (Å²) in [5, 5.41) is 7.67. The molecule has 0 aromatic carbocycles. The van der Waals surface area contributed by atoms with Gasteiger partial charge in [0.1, 0.15) is 0 Å². The van der Waals surface area contributed by atoms with Gasteiger partial charge in [-0.3, -0.25) is 9.48 Å². The fraction of sp³-hybridized carbons (Fsp3) is 0.714. The van der Waals surface area contributed by atoms with E-state index in [1.165, 1.54) is 5.56 Å². The molecule has 0 radical (unpaired) electrons. The van der Waals surface area contributed by atoms with E-state index in [0.29, 0.717) is 11.9 Å². The minimum Gasteiger partial charge on any atom is -0.340 e. The number of rotatable bonds is 2. The third-order valence-corrected chi connectivity index (χ3v) is 4.22. The second-order valence-corrected chi connectivity index (χ2v) is 5.77. The molecule has 104 valence electrons. The summed E-state index contributed by atoms with van der Waals surface area (Å²) in [6.07, 6.45) is 7.15. The largest absolute Gasteiger partial charge is 0.340 e. The second-order valence-electron chi connectivity index (χ2n) is 5.77. The van der Waals surface area contributed by atoms with Crippen LogP contribution in [0, 0.1) is 12.8 Å². The van der Waals surface area contributed by atoms with E-state index in [-0.39, 0.29) is 5.92 Å². The molecule has 5 heteroatoms. The minimum atomic E-state index is 0.193. The van der Waals surface area contributed by atoms with Crippen LogP contribution in [0.25, 0.3) is 0 Å². The Morgan fingerprint density at radius 3 is 3.05 bits per heavy atom. The summed E-state index contributed by atoms with van der Waals surface area (Å²) in [5.74, 6) is 0.525. The summed E-state index contributed by atoms with van der Waals surface area (Å²) in [6, 6.07) is 0.348. The zero-order chi connectivity index (χ0) is 13.2. The van der Waals surface area contributed by atoms with E-state index in [1.807, 2.05) is 15.8 Å². The highest BCUT2D eigenvalue weighted by Crippen LogP contribution is 2.23. The van der Waals surface area contributed by atoms with E-state index in [2.05, 4.69) is 23.5 Å². The Morgan fingerprint density at radius 1 is 1.47 bits per heavy atom. The third kappa shape index (κ3) is 2.66. The number of aryl methyl sites for hydroxylation is 1. The molecule has 2 fully saturated rings. The lowest BCUT2D eigenvalue weighted by atomic mass is 10.0. The maximum atomic E-state index is 12.4. The molecule has 1 N–H and O–H groups in total. The molecule has 2 saturated heterocycles. The summed E-state index contributed by atoms with van der Waals surface area (Å²) < 4.78 is 2.03. The molecule has 3 rings (SSSR count). The number of hydrogen-bond acceptors (Lipinski definition) is 3. The van der Waals surface area contributed by atoms with Gasteiger partial charge in [-0.2, -0.15) is 5.10 Å². The highest BCUT2D eigenvalue weighted by atomic mass is 16.2. The smallest absolute Gasteiger partial charge is 0.227 e. The van der Waals surface area contributed by atoms with E-state index < -0.39 is 0 Å². The average Bonchev–Trinajstić information content (AvgIpc) is 3.09. The van der Waals surface area contributed by atoms with Crippen molar-refractivity contribution in [2.24, 2.45) is 5.92 Å². The fourth-order valence-corrected chi connectivity index (χ4v) is 3.13. The monoisotopic (exact) mass is 262 g/mol. The molecule has 0 aliphatic carbocycles. The SMILES string of the molecule is Cc1cnn(C2CCCN(C(=O)C3CCNC3)C2)c1. The summed E-state index contributed by atoms with van der Waals surface area (Å²) in [7, 11) is 0. The molecule has 1 amide bonds. The second kappa shape index (κ2) is 5.33. The molecular formula is C14H22N4O. The van der Waals surface area contributed by atoms with Crippen molar-refractivity contribution in [2.45, 2.75) is 32.2 Å². The molecular weight excluding hydrogens is 240 g/mol. The Morgan fingerprint density at radius 2 is 2.37 bits per heavy atom. The van der Waals surface area contributed by atoms with E-state index >= 15 is 0 Å². The van der Waals surface area contributed by atoms with Crippen LogP contribution in [0.2, 0.25) is 0 Å². The van der Waals surface area contributed by atoms with Crippen LogP contribution >= 0.6 is 0 Å². The lowest BCUT2D eigenvalue weighted by Crippen LogP contribution is -2.44. The van der Waals surface area contributed by atoms with Crippen LogP contribution in [0.3, 0.4) is 0 Å². The van der Waals surface area contributed by atoms with Crippen molar-refractivity contribution in [1.82, 2.24) is 20.0 Å². The minimum absolute atomic E-state index is 0.193. The van der Waals surface area contributed by atoms with Crippen molar-refractivity contribution < 1.29 is 4.79 Å². The van der Waals surface area contributed by atoms with Gasteiger partial charge in [0.15, 0.2) is 0 Å². The summed E-state index contributed by atoms with van der Waals surface area (Å²) in [6.45, 7) is 5.61. The first-order chi connectivity index (χ1) is 9.24. The average molecular weight is 262 g/mol. The summed E-state index contributed by atoms with van der Waals surface area (Å²) in [5.41, 5.74) is 1.18. The molecule has 0 spiro atoms. The Labute approximate surface area is 114 Å². The Hall–Kier alpha value is -1.36. The van der Waals surface area contributed by atoms with Gasteiger partial charge >= 0.3 is 0 Å². The molecule has 2 unspecified atom stereocenters. The van der Waals surface area contributed by atoms with Crippen LogP contribution in [0.1, 0.15) is 30.9 Å². The van der Waals surface area contributed by atoms with Crippen molar-refractivity contribution in [3.63, 3.8) is 0 Å². The maximum Gasteiger partial charge on any atom is 0.227 e. The molecule has 2 aliphatic rings. The molecule has 2 aliphatic heterocycles. The number of nitrogens with one attached hydrogen (secondary N) is 1. The first-order valence-corrected chi connectivity index (χ1v) is 7.24. The van der Waals surface area contributed by atoms with Crippen LogP contribution < -0.4 is 5.32 Å². The number of carbonyl (C=O) groups is 1. The van der Waals surface area contributed by atoms with Crippen molar-refractivity contribution in [1.29, 1.82) is 0 Å². The molecule has 2 atom stereocenters. The van der Waals surface area contributed by atoms with Gasteiger partial charge in [-0.15, -0.1) is 0 Å². The van der Waals surface area contributed by atoms with Gasteiger partial charge in [0.25, 0.3) is 0 Å². The quantitative estimate of drug-likeness (QED) is 0.864. The molecule has 0 bridgehead atoms. The van der Waals surface area contributed by atoms with Gasteiger partial charge in [-0.25, -0.2) is 0 Å². The standard InChI is InChI=1S/C14H22N4O/c1-11-7-16-18(9-11)13-3-2-6-17(10-13)14(19)12-4-5-15-8-12/h7,9,12-13,15H,2-6,8,10H2,1H3. The van der Waals surface area contributed by atoms with Gasteiger partial charge in [-0.1, -0.05) is 0 Å². The Kier molecular flexibility index (Phi) is 3.55. The number of carbonyl (C=O) groups excluding carboxylic acids is 1. The van der Waals surface area contributed by atoms with Crippen molar-refractivity contribution in [3.8, 4) is 0 Å². The number of hydrogen-bond donors (Lipinski definition) is 1. The Bertz CT molecular complexity index is 450. The predicted molar refractivity (Wildman–Crippen MR) is 72.8 cm³/mol. The van der Waals surface area contributed by atoms with E-state index in [0.717, 1.165) is 45.4 Å². The van der Waals surface area contributed by atoms with Gasteiger partial charge in [0, 0.05) is 25.8 Å². The molecule has 0 saturated carbocycles. The lowest BCUT2D eigenvalue weighted by Gasteiger charge is -2.34. The van der Waals surface area contributed by atoms with Crippen LogP contribution in [-0.2, 0) is 4.79 Å². The Balaban J connectivity index is 1.65. The highest BCUT2D eigenvalue weighted by molar-refractivity contribution is 5.79. The topological polar surface area (TPSA) is 50.2 Å². The number of piperidine rings is 1. The van der Waals surface area contributed by atoms with E-state index in [9.17, 15) is 4.79 Å². The van der Waals surface area contributed by atoms with Gasteiger partial charge in [-0.05, 0) is 38.3 Å². The molecule has 3 heterocycles. The van der Waals surface area contributed by atoms with Crippen LogP contribution in [-0.4, -0.2) is 46.8 Å². The molecule has 19 heavy (non-hydrogen) atoms. The van der Waals surface area contributed by atoms with E-state index in [4.69, 9.17) is 0 Å². The first kappa shape index (κ1) is 12.7. The normalized spacial score (nSPS) is 27.7. The number of nitrogens with zero attached hydrogens (tertiary/aromatic N) is 3. The lowest BCUT2D eigenvalue weighted by molar-refractivity contribution is -0.136. The van der Waals surface area contributed by atoms with Crippen LogP contribution in [0.5, 0.6) is 0 Å². The third-order valence-electron chi connectivity index (χ3n) is 4.22. The van der Waals surface area contributed by atoms with Crippen molar-refractivity contribution in [2.75, 3.05) is 26.2 Å². The number of aromatic nitrogens is 2. The van der Waals surface area contributed by atoms with Gasteiger partial charge in [0.05, 0.1) is 18.2 Å². The zero-order valence-corrected chi connectivity index (χ0v) is 11.5. The summed E-state index contributed by atoms with van der Waals surface area (Å²) >= 11 is 0. The summed E-state index contributed by atoms with van der Waals surface area (Å²) in [4.78, 5) is 14.5. The maximum absolute atomic E-state index is 12.4. The zero-order valence-electron chi connectivity index (χ0n) is 11.5. The highest BCUT2D eigenvalue weighted by Gasteiger charge is 2.31. The molecule has 1 aromatic heterocycles. The predicted octanol–water partition coefficient (Wildman–Crippen LogP) is 0.965. The van der Waals surface area contributed by atoms with Crippen LogP contribution in [0.15, 0.2) is 12.4 Å². The molecule has 1 aromatic rings. The van der Waals surface area contributed by atoms with Crippen LogP contribution in [0.4, 0.5) is 0 Å². The van der Waals surface area contributed by atoms with Crippen molar-refractivity contribution >= 4 is 5.91 Å². The van der Waals surface area contributed by atoms with Gasteiger partial charge < -0.3 is 10.2 Å². The fourth-order valence-electron chi connectivity index (χ4n) is 3.13. The number of likely N-dealkylation sites (tertiary alicyclic amines) is 1. The van der Waals surface area contributed by atoms with Crippen molar-refractivity contribution in [3.05, 3.63) is 18.0 Å². The molecule has 5 nitrogen and oxygen atoms in total. The number of amides is 1.